The standard InChI is InChI=1S/C24H29FN2O3/c1-15-5-6-19(11-16(15)2)23(28)9-10-24(29)26-20-7-8-22(21(25)12-20)27-13-17(3)30-18(4)14-27/h5-8,11-12,17-18H,9-10,13-14H2,1-4H3,(H,26,29). The Kier molecular flexibility index (Phi) is 6.87. The molecule has 1 aliphatic rings. The van der Waals surface area contributed by atoms with Crippen LogP contribution in [0.3, 0.4) is 0 Å². The van der Waals surface area contributed by atoms with Crippen LogP contribution in [0.2, 0.25) is 0 Å². The van der Waals surface area contributed by atoms with Crippen LogP contribution >= 0.6 is 0 Å². The molecule has 0 aromatic heterocycles. The molecule has 1 aliphatic heterocycles. The summed E-state index contributed by atoms with van der Waals surface area (Å²) in [4.78, 5) is 26.5. The second-order valence-electron chi connectivity index (χ2n) is 8.10. The van der Waals surface area contributed by atoms with E-state index in [1.807, 2.05) is 44.7 Å². The number of carbonyl (C=O) groups excluding carboxylic acids is 2. The van der Waals surface area contributed by atoms with Crippen LogP contribution in [-0.4, -0.2) is 37.0 Å². The van der Waals surface area contributed by atoms with Crippen molar-refractivity contribution in [3.05, 3.63) is 58.9 Å². The number of amides is 1. The molecule has 0 aliphatic carbocycles. The Morgan fingerprint density at radius 3 is 2.37 bits per heavy atom. The summed E-state index contributed by atoms with van der Waals surface area (Å²) in [7, 11) is 0. The van der Waals surface area contributed by atoms with E-state index >= 15 is 0 Å². The molecule has 2 aromatic rings. The molecule has 5 nitrogen and oxygen atoms in total. The SMILES string of the molecule is Cc1ccc(C(=O)CCC(=O)Nc2ccc(N3CC(C)OC(C)C3)c(F)c2)cc1C. The maximum atomic E-state index is 14.7. The Hall–Kier alpha value is -2.73. The summed E-state index contributed by atoms with van der Waals surface area (Å²) in [5, 5.41) is 2.68. The fourth-order valence-electron chi connectivity index (χ4n) is 3.73. The highest BCUT2D eigenvalue weighted by atomic mass is 19.1. The molecule has 1 N–H and O–H groups in total. The number of rotatable bonds is 6. The predicted octanol–water partition coefficient (Wildman–Crippen LogP) is 4.66. The van der Waals surface area contributed by atoms with Gasteiger partial charge in [-0.1, -0.05) is 12.1 Å². The third kappa shape index (κ3) is 5.45. The van der Waals surface area contributed by atoms with Crippen LogP contribution in [0, 0.1) is 19.7 Å². The number of Topliss-reactive ketones (excluding diaryl/α,β-unsaturated/α-hetero) is 1. The van der Waals surface area contributed by atoms with Crippen molar-refractivity contribution < 1.29 is 18.7 Å². The minimum absolute atomic E-state index is 0.0300. The van der Waals surface area contributed by atoms with E-state index in [-0.39, 0.29) is 42.6 Å². The minimum Gasteiger partial charge on any atom is -0.372 e. The van der Waals surface area contributed by atoms with Gasteiger partial charge >= 0.3 is 0 Å². The van der Waals surface area contributed by atoms with Crippen LogP contribution in [0.25, 0.3) is 0 Å². The van der Waals surface area contributed by atoms with Crippen molar-refractivity contribution in [3.63, 3.8) is 0 Å². The molecule has 0 spiro atoms. The summed E-state index contributed by atoms with van der Waals surface area (Å²) in [6.07, 6.45) is 0.219. The monoisotopic (exact) mass is 412 g/mol. The summed E-state index contributed by atoms with van der Waals surface area (Å²) in [5.74, 6) is -0.779. The smallest absolute Gasteiger partial charge is 0.224 e. The van der Waals surface area contributed by atoms with Crippen molar-refractivity contribution in [2.24, 2.45) is 0 Å². The van der Waals surface area contributed by atoms with E-state index < -0.39 is 0 Å². The van der Waals surface area contributed by atoms with Gasteiger partial charge in [0.15, 0.2) is 5.78 Å². The average Bonchev–Trinajstić information content (AvgIpc) is 2.67. The van der Waals surface area contributed by atoms with Gasteiger partial charge in [-0.05, 0) is 63.1 Å². The van der Waals surface area contributed by atoms with Gasteiger partial charge in [-0.3, -0.25) is 9.59 Å². The zero-order valence-electron chi connectivity index (χ0n) is 18.0. The number of nitrogens with one attached hydrogen (secondary N) is 1. The topological polar surface area (TPSA) is 58.6 Å². The third-order valence-corrected chi connectivity index (χ3v) is 5.40. The zero-order chi connectivity index (χ0) is 21.8. The Morgan fingerprint density at radius 1 is 1.03 bits per heavy atom. The molecule has 0 bridgehead atoms. The van der Waals surface area contributed by atoms with E-state index in [0.29, 0.717) is 30.0 Å². The lowest BCUT2D eigenvalue weighted by atomic mass is 10.0. The maximum Gasteiger partial charge on any atom is 0.224 e. The first-order chi connectivity index (χ1) is 14.2. The highest BCUT2D eigenvalue weighted by molar-refractivity contribution is 6.00. The van der Waals surface area contributed by atoms with E-state index in [1.165, 1.54) is 6.07 Å². The van der Waals surface area contributed by atoms with Gasteiger partial charge in [-0.25, -0.2) is 4.39 Å². The first kappa shape index (κ1) is 22.0. The van der Waals surface area contributed by atoms with Gasteiger partial charge in [0.25, 0.3) is 0 Å². The van der Waals surface area contributed by atoms with Gasteiger partial charge in [0.2, 0.25) is 5.91 Å². The van der Waals surface area contributed by atoms with E-state index in [9.17, 15) is 14.0 Å². The molecule has 2 unspecified atom stereocenters. The highest BCUT2D eigenvalue weighted by Gasteiger charge is 2.24. The molecular weight excluding hydrogens is 383 g/mol. The van der Waals surface area contributed by atoms with Crippen molar-refractivity contribution in [3.8, 4) is 0 Å². The number of hydrogen-bond acceptors (Lipinski definition) is 4. The number of aryl methyl sites for hydroxylation is 2. The number of carbonyl (C=O) groups is 2. The molecule has 2 atom stereocenters. The second-order valence-corrected chi connectivity index (χ2v) is 8.10. The molecule has 160 valence electrons. The van der Waals surface area contributed by atoms with Crippen molar-refractivity contribution in [1.82, 2.24) is 0 Å². The van der Waals surface area contributed by atoms with Crippen molar-refractivity contribution in [2.45, 2.75) is 52.7 Å². The van der Waals surface area contributed by atoms with Gasteiger partial charge in [-0.15, -0.1) is 0 Å². The lowest BCUT2D eigenvalue weighted by Crippen LogP contribution is -2.45. The molecule has 1 heterocycles. The Bertz CT molecular complexity index is 934. The first-order valence-corrected chi connectivity index (χ1v) is 10.3. The van der Waals surface area contributed by atoms with Gasteiger partial charge < -0.3 is 15.0 Å². The van der Waals surface area contributed by atoms with Crippen molar-refractivity contribution in [2.75, 3.05) is 23.3 Å². The molecule has 6 heteroatoms. The molecule has 1 fully saturated rings. The Balaban J connectivity index is 1.57. The van der Waals surface area contributed by atoms with Gasteiger partial charge in [-0.2, -0.15) is 0 Å². The number of hydrogen-bond donors (Lipinski definition) is 1. The maximum absolute atomic E-state index is 14.7. The Morgan fingerprint density at radius 2 is 1.73 bits per heavy atom. The summed E-state index contributed by atoms with van der Waals surface area (Å²) in [6, 6.07) is 10.2. The van der Waals surface area contributed by atoms with Gasteiger partial charge in [0.1, 0.15) is 5.82 Å². The number of benzene rings is 2. The molecule has 0 radical (unpaired) electrons. The number of morpholine rings is 1. The second kappa shape index (κ2) is 9.39. The summed E-state index contributed by atoms with van der Waals surface area (Å²) in [5.41, 5.74) is 3.66. The predicted molar refractivity (Wildman–Crippen MR) is 117 cm³/mol. The largest absolute Gasteiger partial charge is 0.372 e. The van der Waals surface area contributed by atoms with E-state index in [4.69, 9.17) is 4.74 Å². The summed E-state index contributed by atoms with van der Waals surface area (Å²) < 4.78 is 20.4. The molecular formula is C24H29FN2O3. The number of nitrogens with zero attached hydrogens (tertiary/aromatic N) is 1. The molecule has 30 heavy (non-hydrogen) atoms. The van der Waals surface area contributed by atoms with Crippen molar-refractivity contribution >= 4 is 23.1 Å². The number of anilines is 2. The van der Waals surface area contributed by atoms with Crippen LogP contribution in [0.5, 0.6) is 0 Å². The molecule has 1 saturated heterocycles. The van der Waals surface area contributed by atoms with Crippen LogP contribution in [0.15, 0.2) is 36.4 Å². The number of ether oxygens (including phenoxy) is 1. The first-order valence-electron chi connectivity index (χ1n) is 10.3. The van der Waals surface area contributed by atoms with Gasteiger partial charge in [0.05, 0.1) is 17.9 Å². The number of ketones is 1. The van der Waals surface area contributed by atoms with E-state index in [2.05, 4.69) is 5.32 Å². The van der Waals surface area contributed by atoms with E-state index in [0.717, 1.165) is 11.1 Å². The lowest BCUT2D eigenvalue weighted by molar-refractivity contribution is -0.116. The normalized spacial score (nSPS) is 18.9. The van der Waals surface area contributed by atoms with Crippen LogP contribution in [-0.2, 0) is 9.53 Å². The quantitative estimate of drug-likeness (QED) is 0.701. The zero-order valence-corrected chi connectivity index (χ0v) is 18.0. The highest BCUT2D eigenvalue weighted by Crippen LogP contribution is 2.26. The lowest BCUT2D eigenvalue weighted by Gasteiger charge is -2.37. The minimum atomic E-state index is -0.389. The average molecular weight is 413 g/mol. The number of halogens is 1. The summed E-state index contributed by atoms with van der Waals surface area (Å²) in [6.45, 7) is 9.11. The van der Waals surface area contributed by atoms with Crippen LogP contribution < -0.4 is 10.2 Å². The fraction of sp³-hybridized carbons (Fsp3) is 0.417. The third-order valence-electron chi connectivity index (χ3n) is 5.40. The van der Waals surface area contributed by atoms with Crippen LogP contribution in [0.1, 0.15) is 48.2 Å². The fourth-order valence-corrected chi connectivity index (χ4v) is 3.73. The van der Waals surface area contributed by atoms with Gasteiger partial charge in [0, 0.05) is 37.2 Å². The van der Waals surface area contributed by atoms with E-state index in [1.54, 1.807) is 18.2 Å². The Labute approximate surface area is 177 Å². The van der Waals surface area contributed by atoms with Crippen LogP contribution in [0.4, 0.5) is 15.8 Å². The van der Waals surface area contributed by atoms with Crippen molar-refractivity contribution in [1.29, 1.82) is 0 Å². The molecule has 1 amide bonds. The molecule has 2 aromatic carbocycles. The molecule has 0 saturated carbocycles. The molecule has 3 rings (SSSR count). The summed E-state index contributed by atoms with van der Waals surface area (Å²) >= 11 is 0.